The third-order valence-electron chi connectivity index (χ3n) is 3.53. The van der Waals surface area contributed by atoms with E-state index in [0.29, 0.717) is 10.6 Å². The summed E-state index contributed by atoms with van der Waals surface area (Å²) >= 11 is 6.06. The van der Waals surface area contributed by atoms with Gasteiger partial charge in [-0.2, -0.15) is 5.26 Å². The highest BCUT2D eigenvalue weighted by molar-refractivity contribution is 6.32. The average molecular weight is 264 g/mol. The lowest BCUT2D eigenvalue weighted by Gasteiger charge is -2.23. The number of rotatable bonds is 3. The maximum atomic E-state index is 8.85. The summed E-state index contributed by atoms with van der Waals surface area (Å²) in [6, 6.07) is 7.71. The van der Waals surface area contributed by atoms with E-state index in [1.807, 2.05) is 12.1 Å². The zero-order valence-electron chi connectivity index (χ0n) is 10.9. The summed E-state index contributed by atoms with van der Waals surface area (Å²) < 4.78 is 0. The smallest absolute Gasteiger partial charge is 0.101 e. The minimum absolute atomic E-state index is 0.533. The number of nitrogens with zero attached hydrogens (tertiary/aromatic N) is 3. The van der Waals surface area contributed by atoms with Crippen LogP contribution in [0, 0.1) is 17.2 Å². The Morgan fingerprint density at radius 1 is 1.56 bits per heavy atom. The lowest BCUT2D eigenvalue weighted by molar-refractivity contribution is 0.396. The molecular formula is C14H18ClN3. The molecular weight excluding hydrogens is 246 g/mol. The number of halogens is 1. The summed E-state index contributed by atoms with van der Waals surface area (Å²) in [6.07, 6.45) is 1.25. The van der Waals surface area contributed by atoms with E-state index in [2.05, 4.69) is 30.0 Å². The fourth-order valence-corrected chi connectivity index (χ4v) is 2.72. The Hall–Kier alpha value is -1.24. The second-order valence-corrected chi connectivity index (χ2v) is 5.48. The molecule has 0 bridgehead atoms. The number of anilines is 1. The SMILES string of the molecule is CN1CCC(CN(C)c2ccc(C#N)c(Cl)c2)C1. The van der Waals surface area contributed by atoms with Crippen LogP contribution in [-0.4, -0.2) is 38.6 Å². The number of likely N-dealkylation sites (tertiary alicyclic amines) is 1. The van der Waals surface area contributed by atoms with Crippen molar-refractivity contribution in [2.75, 3.05) is 38.6 Å². The van der Waals surface area contributed by atoms with Gasteiger partial charge in [-0.1, -0.05) is 11.6 Å². The highest BCUT2D eigenvalue weighted by Gasteiger charge is 2.21. The van der Waals surface area contributed by atoms with Gasteiger partial charge in [-0.05, 0) is 44.1 Å². The summed E-state index contributed by atoms with van der Waals surface area (Å²) in [5, 5.41) is 9.39. The van der Waals surface area contributed by atoms with Gasteiger partial charge in [0.25, 0.3) is 0 Å². The maximum Gasteiger partial charge on any atom is 0.101 e. The van der Waals surface area contributed by atoms with Crippen molar-refractivity contribution in [3.63, 3.8) is 0 Å². The summed E-state index contributed by atoms with van der Waals surface area (Å²) in [4.78, 5) is 4.58. The molecule has 1 saturated heterocycles. The molecule has 0 amide bonds. The van der Waals surface area contributed by atoms with Crippen molar-refractivity contribution >= 4 is 17.3 Å². The number of hydrogen-bond donors (Lipinski definition) is 0. The van der Waals surface area contributed by atoms with Crippen molar-refractivity contribution in [2.45, 2.75) is 6.42 Å². The predicted octanol–water partition coefficient (Wildman–Crippen LogP) is 2.60. The molecule has 0 aliphatic carbocycles. The molecule has 1 aliphatic rings. The van der Waals surface area contributed by atoms with E-state index >= 15 is 0 Å². The molecule has 0 aromatic heterocycles. The molecule has 18 heavy (non-hydrogen) atoms. The molecule has 1 aromatic rings. The third-order valence-corrected chi connectivity index (χ3v) is 3.85. The van der Waals surface area contributed by atoms with E-state index in [9.17, 15) is 0 Å². The van der Waals surface area contributed by atoms with Gasteiger partial charge in [0.05, 0.1) is 10.6 Å². The second-order valence-electron chi connectivity index (χ2n) is 5.07. The Morgan fingerprint density at radius 2 is 2.33 bits per heavy atom. The second kappa shape index (κ2) is 5.60. The lowest BCUT2D eigenvalue weighted by Crippen LogP contribution is -2.27. The predicted molar refractivity (Wildman–Crippen MR) is 75.0 cm³/mol. The Labute approximate surface area is 114 Å². The van der Waals surface area contributed by atoms with Gasteiger partial charge in [-0.25, -0.2) is 0 Å². The van der Waals surface area contributed by atoms with Crippen molar-refractivity contribution in [1.29, 1.82) is 5.26 Å². The third kappa shape index (κ3) is 2.95. The number of benzene rings is 1. The molecule has 0 spiro atoms. The Balaban J connectivity index is 2.03. The van der Waals surface area contributed by atoms with Gasteiger partial charge in [-0.15, -0.1) is 0 Å². The van der Waals surface area contributed by atoms with Gasteiger partial charge in [0.2, 0.25) is 0 Å². The van der Waals surface area contributed by atoms with Gasteiger partial charge >= 0.3 is 0 Å². The van der Waals surface area contributed by atoms with E-state index in [4.69, 9.17) is 16.9 Å². The maximum absolute atomic E-state index is 8.85. The minimum atomic E-state index is 0.533. The molecule has 1 aromatic carbocycles. The first-order valence-corrected chi connectivity index (χ1v) is 6.57. The van der Waals surface area contributed by atoms with E-state index < -0.39 is 0 Å². The normalized spacial score (nSPS) is 19.8. The van der Waals surface area contributed by atoms with Crippen LogP contribution in [0.5, 0.6) is 0 Å². The monoisotopic (exact) mass is 263 g/mol. The van der Waals surface area contributed by atoms with E-state index in [1.54, 1.807) is 6.07 Å². The summed E-state index contributed by atoms with van der Waals surface area (Å²) in [5.74, 6) is 0.717. The molecule has 0 radical (unpaired) electrons. The molecule has 1 heterocycles. The molecule has 3 nitrogen and oxygen atoms in total. The summed E-state index contributed by atoms with van der Waals surface area (Å²) in [5.41, 5.74) is 1.61. The van der Waals surface area contributed by atoms with Crippen LogP contribution < -0.4 is 4.90 Å². The molecule has 0 N–H and O–H groups in total. The fourth-order valence-electron chi connectivity index (χ4n) is 2.50. The highest BCUT2D eigenvalue weighted by atomic mass is 35.5. The molecule has 4 heteroatoms. The van der Waals surface area contributed by atoms with Crippen molar-refractivity contribution in [2.24, 2.45) is 5.92 Å². The molecule has 0 saturated carbocycles. The molecule has 1 unspecified atom stereocenters. The van der Waals surface area contributed by atoms with Crippen LogP contribution in [0.15, 0.2) is 18.2 Å². The van der Waals surface area contributed by atoms with Gasteiger partial charge in [0, 0.05) is 25.8 Å². The van der Waals surface area contributed by atoms with Crippen molar-refractivity contribution < 1.29 is 0 Å². The summed E-state index contributed by atoms with van der Waals surface area (Å²) in [7, 11) is 4.24. The molecule has 1 aliphatic heterocycles. The molecule has 2 rings (SSSR count). The fraction of sp³-hybridized carbons (Fsp3) is 0.500. The van der Waals surface area contributed by atoms with Gasteiger partial charge < -0.3 is 9.80 Å². The van der Waals surface area contributed by atoms with Crippen molar-refractivity contribution in [1.82, 2.24) is 4.90 Å². The van der Waals surface area contributed by atoms with Crippen LogP contribution in [0.1, 0.15) is 12.0 Å². The largest absolute Gasteiger partial charge is 0.374 e. The lowest BCUT2D eigenvalue weighted by atomic mass is 10.1. The van der Waals surface area contributed by atoms with Crippen LogP contribution in [0.3, 0.4) is 0 Å². The van der Waals surface area contributed by atoms with Crippen molar-refractivity contribution in [3.05, 3.63) is 28.8 Å². The Morgan fingerprint density at radius 3 is 2.89 bits per heavy atom. The zero-order valence-corrected chi connectivity index (χ0v) is 11.6. The van der Waals surface area contributed by atoms with E-state index in [-0.39, 0.29) is 0 Å². The quantitative estimate of drug-likeness (QED) is 0.840. The van der Waals surface area contributed by atoms with Crippen molar-refractivity contribution in [3.8, 4) is 6.07 Å². The van der Waals surface area contributed by atoms with Crippen LogP contribution in [0.25, 0.3) is 0 Å². The topological polar surface area (TPSA) is 30.3 Å². The summed E-state index contributed by atoms with van der Waals surface area (Å²) in [6.45, 7) is 3.38. The first-order valence-electron chi connectivity index (χ1n) is 6.19. The number of nitriles is 1. The number of hydrogen-bond acceptors (Lipinski definition) is 3. The van der Waals surface area contributed by atoms with Crippen LogP contribution in [0.4, 0.5) is 5.69 Å². The zero-order chi connectivity index (χ0) is 13.1. The van der Waals surface area contributed by atoms with Gasteiger partial charge in [0.15, 0.2) is 0 Å². The van der Waals surface area contributed by atoms with Crippen LogP contribution in [-0.2, 0) is 0 Å². The van der Waals surface area contributed by atoms with Crippen LogP contribution >= 0.6 is 11.6 Å². The van der Waals surface area contributed by atoms with Gasteiger partial charge in [0.1, 0.15) is 6.07 Å². The molecule has 96 valence electrons. The first kappa shape index (κ1) is 13.2. The van der Waals surface area contributed by atoms with Crippen LogP contribution in [0.2, 0.25) is 5.02 Å². The standard InChI is InChI=1S/C14H18ClN3/c1-17-6-5-11(9-17)10-18(2)13-4-3-12(8-16)14(15)7-13/h3-4,7,11H,5-6,9-10H2,1-2H3. The Kier molecular flexibility index (Phi) is 4.11. The van der Waals surface area contributed by atoms with E-state index in [1.165, 1.54) is 13.0 Å². The Bertz CT molecular complexity index is 467. The minimum Gasteiger partial charge on any atom is -0.374 e. The van der Waals surface area contributed by atoms with E-state index in [0.717, 1.165) is 24.7 Å². The van der Waals surface area contributed by atoms with Gasteiger partial charge in [-0.3, -0.25) is 0 Å². The molecule has 1 fully saturated rings. The average Bonchev–Trinajstić information content (AvgIpc) is 2.74. The first-order chi connectivity index (χ1) is 8.60. The molecule has 1 atom stereocenters. The highest BCUT2D eigenvalue weighted by Crippen LogP contribution is 2.24.